The van der Waals surface area contributed by atoms with Crippen LogP contribution in [0.4, 0.5) is 13.2 Å². The molecule has 0 radical (unpaired) electrons. The van der Waals surface area contributed by atoms with Gasteiger partial charge in [-0.3, -0.25) is 4.90 Å². The molecule has 0 aliphatic heterocycles. The summed E-state index contributed by atoms with van der Waals surface area (Å²) in [4.78, 5) is 2.34. The average molecular weight is 306 g/mol. The molecule has 2 atom stereocenters. The monoisotopic (exact) mass is 306 g/mol. The molecule has 0 amide bonds. The van der Waals surface area contributed by atoms with Crippen molar-refractivity contribution in [1.82, 2.24) is 4.90 Å². The number of alkyl halides is 3. The fraction of sp³-hybridized carbons (Fsp3) is 1.00. The maximum absolute atomic E-state index is 13.2. The van der Waals surface area contributed by atoms with Gasteiger partial charge in [0, 0.05) is 18.1 Å². The highest BCUT2D eigenvalue weighted by Gasteiger charge is 2.50. The third-order valence-electron chi connectivity index (χ3n) is 5.63. The summed E-state index contributed by atoms with van der Waals surface area (Å²) >= 11 is 0. The zero-order chi connectivity index (χ0) is 15.5. The zero-order valence-corrected chi connectivity index (χ0v) is 13.1. The van der Waals surface area contributed by atoms with Crippen LogP contribution >= 0.6 is 0 Å². The average Bonchev–Trinajstić information content (AvgIpc) is 2.48. The van der Waals surface area contributed by atoms with Crippen LogP contribution in [0.1, 0.15) is 64.7 Å². The lowest BCUT2D eigenvalue weighted by atomic mass is 9.73. The lowest BCUT2D eigenvalue weighted by molar-refractivity contribution is -0.195. The molecule has 124 valence electrons. The highest BCUT2D eigenvalue weighted by molar-refractivity contribution is 5.00. The van der Waals surface area contributed by atoms with Gasteiger partial charge in [0.05, 0.1) is 5.92 Å². The molecule has 2 saturated carbocycles. The van der Waals surface area contributed by atoms with Crippen molar-refractivity contribution < 1.29 is 13.2 Å². The second-order valence-corrected chi connectivity index (χ2v) is 6.84. The second kappa shape index (κ2) is 6.86. The highest BCUT2D eigenvalue weighted by Crippen LogP contribution is 2.45. The van der Waals surface area contributed by atoms with E-state index < -0.39 is 17.6 Å². The van der Waals surface area contributed by atoms with E-state index in [0.717, 1.165) is 25.8 Å². The normalized spacial score (nSPS) is 32.6. The number of halogens is 3. The first-order valence-corrected chi connectivity index (χ1v) is 8.46. The zero-order valence-electron chi connectivity index (χ0n) is 13.1. The van der Waals surface area contributed by atoms with Gasteiger partial charge >= 0.3 is 6.18 Å². The standard InChI is InChI=1S/C16H29F3N2/c1-2-21(14-8-4-3-5-9-14)15(12-20)10-6-7-13(11-15)16(17,18)19/h13-14H,2-12,20H2,1H3. The Hall–Kier alpha value is -0.290. The van der Waals surface area contributed by atoms with Crippen molar-refractivity contribution in [2.45, 2.75) is 82.5 Å². The predicted molar refractivity (Wildman–Crippen MR) is 79.1 cm³/mol. The molecule has 0 aromatic carbocycles. The van der Waals surface area contributed by atoms with E-state index in [1.54, 1.807) is 0 Å². The van der Waals surface area contributed by atoms with Crippen molar-refractivity contribution in [2.75, 3.05) is 13.1 Å². The lowest BCUT2D eigenvalue weighted by Crippen LogP contribution is -2.61. The van der Waals surface area contributed by atoms with Gasteiger partial charge in [0.1, 0.15) is 0 Å². The molecular weight excluding hydrogens is 277 g/mol. The van der Waals surface area contributed by atoms with Gasteiger partial charge in [0.25, 0.3) is 0 Å². The minimum absolute atomic E-state index is 0.192. The van der Waals surface area contributed by atoms with Gasteiger partial charge in [-0.05, 0) is 38.6 Å². The van der Waals surface area contributed by atoms with E-state index in [9.17, 15) is 13.2 Å². The first-order chi connectivity index (χ1) is 9.93. The topological polar surface area (TPSA) is 29.3 Å². The molecule has 2 unspecified atom stereocenters. The van der Waals surface area contributed by atoms with Gasteiger partial charge in [-0.2, -0.15) is 13.2 Å². The number of nitrogens with two attached hydrogens (primary N) is 1. The van der Waals surface area contributed by atoms with Crippen LogP contribution in [-0.4, -0.2) is 35.7 Å². The molecule has 2 rings (SSSR count). The number of hydrogen-bond acceptors (Lipinski definition) is 2. The van der Waals surface area contributed by atoms with Gasteiger partial charge in [-0.15, -0.1) is 0 Å². The summed E-state index contributed by atoms with van der Waals surface area (Å²) < 4.78 is 39.5. The molecule has 2 aliphatic carbocycles. The van der Waals surface area contributed by atoms with E-state index in [1.807, 2.05) is 0 Å². The Bertz CT molecular complexity index is 326. The molecule has 21 heavy (non-hydrogen) atoms. The smallest absolute Gasteiger partial charge is 0.329 e. The van der Waals surface area contributed by atoms with Crippen LogP contribution in [-0.2, 0) is 0 Å². The third kappa shape index (κ3) is 3.73. The van der Waals surface area contributed by atoms with E-state index >= 15 is 0 Å². The van der Waals surface area contributed by atoms with Crippen LogP contribution in [0.15, 0.2) is 0 Å². The summed E-state index contributed by atoms with van der Waals surface area (Å²) in [6.07, 6.45) is 3.74. The number of hydrogen-bond donors (Lipinski definition) is 1. The van der Waals surface area contributed by atoms with Gasteiger partial charge < -0.3 is 5.73 Å². The fourth-order valence-electron chi connectivity index (χ4n) is 4.56. The van der Waals surface area contributed by atoms with Crippen molar-refractivity contribution >= 4 is 0 Å². The number of nitrogens with zero attached hydrogens (tertiary/aromatic N) is 1. The maximum atomic E-state index is 13.2. The van der Waals surface area contributed by atoms with Gasteiger partial charge in [0.15, 0.2) is 0 Å². The summed E-state index contributed by atoms with van der Waals surface area (Å²) in [5, 5.41) is 0. The summed E-state index contributed by atoms with van der Waals surface area (Å²) in [7, 11) is 0. The Balaban J connectivity index is 2.17. The van der Waals surface area contributed by atoms with Crippen molar-refractivity contribution in [3.8, 4) is 0 Å². The lowest BCUT2D eigenvalue weighted by Gasteiger charge is -2.52. The van der Waals surface area contributed by atoms with Crippen LogP contribution in [0.25, 0.3) is 0 Å². The third-order valence-corrected chi connectivity index (χ3v) is 5.63. The first-order valence-electron chi connectivity index (χ1n) is 8.46. The molecule has 0 aromatic rings. The Labute approximate surface area is 126 Å². The highest BCUT2D eigenvalue weighted by atomic mass is 19.4. The molecule has 0 aromatic heterocycles. The fourth-order valence-corrected chi connectivity index (χ4v) is 4.56. The van der Waals surface area contributed by atoms with Crippen LogP contribution in [0.2, 0.25) is 0 Å². The van der Waals surface area contributed by atoms with Crippen LogP contribution in [0.3, 0.4) is 0 Å². The van der Waals surface area contributed by atoms with E-state index in [-0.39, 0.29) is 12.8 Å². The first kappa shape index (κ1) is 17.1. The maximum Gasteiger partial charge on any atom is 0.391 e. The number of rotatable bonds is 4. The van der Waals surface area contributed by atoms with E-state index in [4.69, 9.17) is 5.73 Å². The van der Waals surface area contributed by atoms with Crippen molar-refractivity contribution in [3.05, 3.63) is 0 Å². The van der Waals surface area contributed by atoms with Crippen molar-refractivity contribution in [3.63, 3.8) is 0 Å². The van der Waals surface area contributed by atoms with Crippen molar-refractivity contribution in [1.29, 1.82) is 0 Å². The molecule has 2 N–H and O–H groups in total. The molecular formula is C16H29F3N2. The summed E-state index contributed by atoms with van der Waals surface area (Å²) in [5.74, 6) is -1.17. The molecule has 2 fully saturated rings. The van der Waals surface area contributed by atoms with Gasteiger partial charge in [-0.25, -0.2) is 0 Å². The molecule has 0 spiro atoms. The van der Waals surface area contributed by atoms with Gasteiger partial charge in [-0.1, -0.05) is 32.6 Å². The molecule has 2 aliphatic rings. The molecule has 0 saturated heterocycles. The van der Waals surface area contributed by atoms with Crippen molar-refractivity contribution in [2.24, 2.45) is 11.7 Å². The van der Waals surface area contributed by atoms with E-state index in [1.165, 1.54) is 19.3 Å². The molecule has 2 nitrogen and oxygen atoms in total. The quantitative estimate of drug-likeness (QED) is 0.847. The molecule has 0 bridgehead atoms. The minimum atomic E-state index is -4.08. The van der Waals surface area contributed by atoms with Crippen LogP contribution in [0, 0.1) is 5.92 Å². The summed E-state index contributed by atoms with van der Waals surface area (Å²) in [5.41, 5.74) is 5.58. The van der Waals surface area contributed by atoms with E-state index in [0.29, 0.717) is 19.0 Å². The number of likely N-dealkylation sites (N-methyl/N-ethyl adjacent to an activating group) is 1. The van der Waals surface area contributed by atoms with Crippen LogP contribution < -0.4 is 5.73 Å². The summed E-state index contributed by atoms with van der Waals surface area (Å²) in [6.45, 7) is 3.24. The molecule has 0 heterocycles. The predicted octanol–water partition coefficient (Wildman–Crippen LogP) is 4.09. The van der Waals surface area contributed by atoms with Gasteiger partial charge in [0.2, 0.25) is 0 Å². The minimum Gasteiger partial charge on any atom is -0.329 e. The molecule has 5 heteroatoms. The Kier molecular flexibility index (Phi) is 5.58. The Morgan fingerprint density at radius 1 is 1.10 bits per heavy atom. The Morgan fingerprint density at radius 3 is 2.29 bits per heavy atom. The van der Waals surface area contributed by atoms with Crippen LogP contribution in [0.5, 0.6) is 0 Å². The largest absolute Gasteiger partial charge is 0.391 e. The van der Waals surface area contributed by atoms with E-state index in [2.05, 4.69) is 11.8 Å². The summed E-state index contributed by atoms with van der Waals surface area (Å²) in [6, 6.07) is 0.430. The Morgan fingerprint density at radius 2 is 1.76 bits per heavy atom. The second-order valence-electron chi connectivity index (χ2n) is 6.84. The SMILES string of the molecule is CCN(C1CCCCC1)C1(CN)CCCC(C(F)(F)F)C1.